The summed E-state index contributed by atoms with van der Waals surface area (Å²) in [6.45, 7) is 15.3. The normalized spacial score (nSPS) is 13.7. The Balaban J connectivity index is 2.99. The molecule has 0 bridgehead atoms. The van der Waals surface area contributed by atoms with Crippen LogP contribution in [0.25, 0.3) is 0 Å². The average molecular weight is 552 g/mol. The van der Waals surface area contributed by atoms with Gasteiger partial charge >= 0.3 is 201 Å². The molecule has 1 nitrogen and oxygen atoms in total. The molecule has 0 amide bonds. The Bertz CT molecular complexity index is 557. The van der Waals surface area contributed by atoms with Crippen LogP contribution >= 0.6 is 0 Å². The zero-order valence-corrected chi connectivity index (χ0v) is 25.6. The fraction of sp³-hybridized carbons (Fsp3) is 0.714. The molecule has 1 rings (SSSR count). The molecule has 0 aliphatic carbocycles. The van der Waals surface area contributed by atoms with Crippen molar-refractivity contribution in [1.82, 2.24) is 0 Å². The summed E-state index contributed by atoms with van der Waals surface area (Å²) < 4.78 is 12.0. The molecule has 0 aliphatic heterocycles. The SMILES string of the molecule is CCC[CH2][Sn]([CH2]CCC)([CH2]CCC)[CH](Cc1ccccc1)OCC/C=C\C[Si](C)(C)C. The van der Waals surface area contributed by atoms with Crippen molar-refractivity contribution in [2.45, 2.75) is 115 Å². The van der Waals surface area contributed by atoms with Crippen molar-refractivity contribution in [1.29, 1.82) is 0 Å². The molecule has 1 atom stereocenters. The molecule has 0 heterocycles. The number of allylic oxidation sites excluding steroid dienone is 1. The van der Waals surface area contributed by atoms with Gasteiger partial charge in [-0.05, 0) is 0 Å². The molecule has 0 N–H and O–H groups in total. The van der Waals surface area contributed by atoms with Crippen LogP contribution in [0.4, 0.5) is 0 Å². The number of hydrogen-bond donors (Lipinski definition) is 0. The van der Waals surface area contributed by atoms with E-state index in [0.717, 1.165) is 19.4 Å². The van der Waals surface area contributed by atoms with Gasteiger partial charge in [0.1, 0.15) is 0 Å². The first-order valence-electron chi connectivity index (χ1n) is 13.2. The summed E-state index contributed by atoms with van der Waals surface area (Å²) in [4.78, 5) is 0. The third kappa shape index (κ3) is 12.7. The summed E-state index contributed by atoms with van der Waals surface area (Å²) in [7, 11) is -0.982. The van der Waals surface area contributed by atoms with Crippen molar-refractivity contribution in [3.8, 4) is 0 Å². The van der Waals surface area contributed by atoms with E-state index in [9.17, 15) is 0 Å². The molecule has 0 saturated heterocycles. The summed E-state index contributed by atoms with van der Waals surface area (Å²) in [5.74, 6) is 0. The minimum atomic E-state index is -2.44. The molecular weight excluding hydrogens is 499 g/mol. The first-order valence-corrected chi connectivity index (χ1v) is 24.6. The van der Waals surface area contributed by atoms with Crippen LogP contribution < -0.4 is 0 Å². The summed E-state index contributed by atoms with van der Waals surface area (Å²) >= 11 is -2.44. The molecule has 1 unspecified atom stereocenters. The number of ether oxygens (including phenoxy) is 1. The molecule has 0 spiro atoms. The van der Waals surface area contributed by atoms with Crippen molar-refractivity contribution in [2.75, 3.05) is 6.61 Å². The quantitative estimate of drug-likeness (QED) is 0.100. The first-order chi connectivity index (χ1) is 14.9. The topological polar surface area (TPSA) is 9.23 Å². The van der Waals surface area contributed by atoms with Crippen LogP contribution in [-0.4, -0.2) is 37.2 Å². The molecule has 31 heavy (non-hydrogen) atoms. The van der Waals surface area contributed by atoms with E-state index in [1.807, 2.05) is 0 Å². The fourth-order valence-electron chi connectivity index (χ4n) is 4.56. The first kappa shape index (κ1) is 29.0. The number of rotatable bonds is 18. The zero-order chi connectivity index (χ0) is 23.0. The van der Waals surface area contributed by atoms with E-state index in [2.05, 4.69) is 82.9 Å². The minimum absolute atomic E-state index is 0.534. The fourth-order valence-corrected chi connectivity index (χ4v) is 22.6. The molecule has 0 fully saturated rings. The van der Waals surface area contributed by atoms with Gasteiger partial charge in [-0.2, -0.15) is 0 Å². The van der Waals surface area contributed by atoms with Crippen LogP contribution in [0.5, 0.6) is 0 Å². The average Bonchev–Trinajstić information content (AvgIpc) is 2.75. The van der Waals surface area contributed by atoms with Gasteiger partial charge in [-0.3, -0.25) is 0 Å². The molecule has 0 radical (unpaired) electrons. The second-order valence-electron chi connectivity index (χ2n) is 10.7. The van der Waals surface area contributed by atoms with Crippen molar-refractivity contribution in [3.05, 3.63) is 48.0 Å². The Labute approximate surface area is 200 Å². The number of hydrogen-bond acceptors (Lipinski definition) is 1. The van der Waals surface area contributed by atoms with Crippen LogP contribution in [0.3, 0.4) is 0 Å². The Morgan fingerprint density at radius 1 is 0.839 bits per heavy atom. The second kappa shape index (κ2) is 16.5. The van der Waals surface area contributed by atoms with E-state index in [1.165, 1.54) is 63.4 Å². The van der Waals surface area contributed by atoms with Crippen LogP contribution in [0, 0.1) is 0 Å². The number of unbranched alkanes of at least 4 members (excludes halogenated alkanes) is 3. The van der Waals surface area contributed by atoms with Crippen LogP contribution in [-0.2, 0) is 11.2 Å². The van der Waals surface area contributed by atoms with E-state index < -0.39 is 26.5 Å². The summed E-state index contributed by atoms with van der Waals surface area (Å²) in [6.07, 6.45) is 15.2. The Kier molecular flexibility index (Phi) is 15.4. The van der Waals surface area contributed by atoms with Gasteiger partial charge in [0.05, 0.1) is 0 Å². The van der Waals surface area contributed by atoms with Gasteiger partial charge in [0.15, 0.2) is 0 Å². The Morgan fingerprint density at radius 3 is 1.87 bits per heavy atom. The molecule has 0 saturated carbocycles. The van der Waals surface area contributed by atoms with Crippen molar-refractivity contribution in [3.63, 3.8) is 0 Å². The van der Waals surface area contributed by atoms with Gasteiger partial charge < -0.3 is 0 Å². The van der Waals surface area contributed by atoms with Gasteiger partial charge in [-0.15, -0.1) is 0 Å². The van der Waals surface area contributed by atoms with Gasteiger partial charge in [-0.25, -0.2) is 0 Å². The second-order valence-corrected chi connectivity index (χ2v) is 30.2. The molecular formula is C28H52OSiSn. The summed E-state index contributed by atoms with van der Waals surface area (Å²) in [5, 5.41) is 0. The van der Waals surface area contributed by atoms with Crippen molar-refractivity contribution < 1.29 is 4.74 Å². The van der Waals surface area contributed by atoms with E-state index in [0.29, 0.717) is 4.12 Å². The molecule has 3 heteroatoms. The predicted octanol–water partition coefficient (Wildman–Crippen LogP) is 9.29. The maximum absolute atomic E-state index is 6.89. The molecule has 178 valence electrons. The van der Waals surface area contributed by atoms with Gasteiger partial charge in [0, 0.05) is 0 Å². The van der Waals surface area contributed by atoms with E-state index in [-0.39, 0.29) is 0 Å². The van der Waals surface area contributed by atoms with E-state index in [1.54, 1.807) is 0 Å². The molecule has 0 aromatic heterocycles. The molecule has 1 aromatic rings. The van der Waals surface area contributed by atoms with Gasteiger partial charge in [0.25, 0.3) is 0 Å². The third-order valence-corrected chi connectivity index (χ3v) is 24.5. The van der Waals surface area contributed by atoms with Crippen LogP contribution in [0.15, 0.2) is 42.5 Å². The summed E-state index contributed by atoms with van der Waals surface area (Å²) in [6, 6.07) is 12.5. The third-order valence-electron chi connectivity index (χ3n) is 6.53. The van der Waals surface area contributed by atoms with E-state index in [4.69, 9.17) is 4.74 Å². The van der Waals surface area contributed by atoms with Crippen LogP contribution in [0.2, 0.25) is 39.0 Å². The van der Waals surface area contributed by atoms with E-state index >= 15 is 0 Å². The summed E-state index contributed by atoms with van der Waals surface area (Å²) in [5.41, 5.74) is 1.48. The standard InChI is InChI=1S/C16H25OSi.3C4H9.Sn/c1-18(2,3)15-9-5-8-13-17-14-12-16-10-6-4-7-11-16;3*1-3-4-2;/h4-7,9-11,14H,8,12-13,15H2,1-3H3;3*1,3-4H2,2H3;/b9-5-;;;;. The monoisotopic (exact) mass is 552 g/mol. The van der Waals surface area contributed by atoms with Crippen molar-refractivity contribution in [2.24, 2.45) is 0 Å². The Hall–Kier alpha value is -0.0644. The van der Waals surface area contributed by atoms with Gasteiger partial charge in [-0.1, -0.05) is 0 Å². The maximum atomic E-state index is 6.89. The Morgan fingerprint density at radius 2 is 1.39 bits per heavy atom. The molecule has 0 aliphatic rings. The number of benzene rings is 1. The van der Waals surface area contributed by atoms with Gasteiger partial charge in [0.2, 0.25) is 0 Å². The van der Waals surface area contributed by atoms with Crippen LogP contribution in [0.1, 0.15) is 71.3 Å². The predicted molar refractivity (Wildman–Crippen MR) is 147 cm³/mol. The van der Waals surface area contributed by atoms with Crippen molar-refractivity contribution >= 4 is 26.5 Å². The zero-order valence-electron chi connectivity index (χ0n) is 21.7. The molecule has 1 aromatic carbocycles.